The Morgan fingerprint density at radius 2 is 1.73 bits per heavy atom. The maximum atomic E-state index is 13.4. The van der Waals surface area contributed by atoms with Gasteiger partial charge in [0.25, 0.3) is 11.7 Å². The molecule has 3 aromatic rings. The monoisotopic (exact) mass is 497 g/mol. The highest BCUT2D eigenvalue weighted by Gasteiger charge is 2.46. The van der Waals surface area contributed by atoms with E-state index in [1.165, 1.54) is 4.90 Å². The summed E-state index contributed by atoms with van der Waals surface area (Å²) in [5.74, 6) is 0.00105. The molecule has 0 bridgehead atoms. The van der Waals surface area contributed by atoms with Gasteiger partial charge in [0, 0.05) is 18.5 Å². The molecule has 1 N–H and O–H groups in total. The molecule has 2 heterocycles. The molecular weight excluding hydrogens is 466 g/mol. The smallest absolute Gasteiger partial charge is 0.295 e. The molecule has 1 amide bonds. The Morgan fingerprint density at radius 1 is 1.03 bits per heavy atom. The number of aliphatic hydroxyl groups excluding tert-OH is 1. The van der Waals surface area contributed by atoms with E-state index in [9.17, 15) is 14.7 Å². The highest BCUT2D eigenvalue weighted by atomic mass is 16.5. The van der Waals surface area contributed by atoms with Crippen LogP contribution in [-0.4, -0.2) is 35.4 Å². The predicted molar refractivity (Wildman–Crippen MR) is 142 cm³/mol. The molecule has 1 atom stereocenters. The molecule has 6 heteroatoms. The minimum Gasteiger partial charge on any atom is -0.507 e. The van der Waals surface area contributed by atoms with Crippen LogP contribution in [0, 0.1) is 0 Å². The Bertz CT molecular complexity index is 1380. The van der Waals surface area contributed by atoms with Gasteiger partial charge < -0.3 is 19.5 Å². The molecule has 0 spiro atoms. The Balaban J connectivity index is 1.61. The van der Waals surface area contributed by atoms with Crippen LogP contribution in [0.1, 0.15) is 54.6 Å². The average molecular weight is 498 g/mol. The number of methoxy groups -OCH3 is 1. The van der Waals surface area contributed by atoms with E-state index in [4.69, 9.17) is 9.47 Å². The largest absolute Gasteiger partial charge is 0.507 e. The zero-order chi connectivity index (χ0) is 26.3. The molecule has 2 aliphatic rings. The number of carbonyl (C=O) groups excluding carboxylic acids is 2. The number of Topliss-reactive ketones (excluding diaryl/α,β-unsaturated/α-hetero) is 1. The number of nitrogens with zero attached hydrogens (tertiary/aromatic N) is 1. The summed E-state index contributed by atoms with van der Waals surface area (Å²) in [6, 6.07) is 20.0. The molecule has 0 aromatic heterocycles. The summed E-state index contributed by atoms with van der Waals surface area (Å²) in [5.41, 5.74) is 4.30. The quantitative estimate of drug-likeness (QED) is 0.284. The molecule has 0 aliphatic carbocycles. The van der Waals surface area contributed by atoms with Crippen LogP contribution in [-0.2, 0) is 28.0 Å². The number of rotatable bonds is 5. The summed E-state index contributed by atoms with van der Waals surface area (Å²) in [4.78, 5) is 28.3. The zero-order valence-electron chi connectivity index (χ0n) is 21.6. The predicted octanol–water partition coefficient (Wildman–Crippen LogP) is 5.55. The second-order valence-electron chi connectivity index (χ2n) is 10.6. The number of aliphatic hydroxyl groups is 1. The van der Waals surface area contributed by atoms with Gasteiger partial charge in [-0.15, -0.1) is 0 Å². The lowest BCUT2D eigenvalue weighted by atomic mass is 9.85. The van der Waals surface area contributed by atoms with Crippen molar-refractivity contribution in [2.45, 2.75) is 45.2 Å². The standard InChI is InChI=1S/C31H31NO5/c1-31(2,3)23-10-7-20(8-11-23)27-26(28(33)22-9-14-25-21(17-22)15-16-37-25)29(34)30(35)32(27)18-19-5-12-24(36-4)13-6-19/h5-14,17,27,33H,15-16,18H2,1-4H3/b28-26-. The first-order valence-corrected chi connectivity index (χ1v) is 12.5. The Hall–Kier alpha value is -4.06. The highest BCUT2D eigenvalue weighted by Crippen LogP contribution is 2.41. The molecule has 5 rings (SSSR count). The van der Waals surface area contributed by atoms with Crippen molar-refractivity contribution in [1.29, 1.82) is 0 Å². The number of fused-ring (bicyclic) bond motifs is 1. The van der Waals surface area contributed by atoms with Gasteiger partial charge in [-0.3, -0.25) is 9.59 Å². The van der Waals surface area contributed by atoms with Crippen LogP contribution in [0.15, 0.2) is 72.3 Å². The molecule has 190 valence electrons. The van der Waals surface area contributed by atoms with E-state index in [2.05, 4.69) is 20.8 Å². The third kappa shape index (κ3) is 4.59. The molecule has 0 radical (unpaired) electrons. The van der Waals surface area contributed by atoms with Gasteiger partial charge in [-0.25, -0.2) is 0 Å². The summed E-state index contributed by atoms with van der Waals surface area (Å²) in [6.45, 7) is 7.21. The lowest BCUT2D eigenvalue weighted by Gasteiger charge is -2.26. The number of hydrogen-bond acceptors (Lipinski definition) is 5. The SMILES string of the molecule is COc1ccc(CN2C(=O)C(=O)/C(=C(\O)c3ccc4c(c3)CCO4)C2c2ccc(C(C)(C)C)cc2)cc1. The molecule has 3 aromatic carbocycles. The van der Waals surface area contributed by atoms with Crippen molar-refractivity contribution in [1.82, 2.24) is 4.90 Å². The van der Waals surface area contributed by atoms with Crippen LogP contribution in [0.4, 0.5) is 0 Å². The van der Waals surface area contributed by atoms with Gasteiger partial charge in [-0.1, -0.05) is 57.2 Å². The number of benzene rings is 3. The van der Waals surface area contributed by atoms with E-state index in [-0.39, 0.29) is 23.3 Å². The summed E-state index contributed by atoms with van der Waals surface area (Å²) < 4.78 is 10.8. The molecule has 1 saturated heterocycles. The first-order chi connectivity index (χ1) is 17.7. The Morgan fingerprint density at radius 3 is 2.38 bits per heavy atom. The van der Waals surface area contributed by atoms with Crippen LogP contribution < -0.4 is 9.47 Å². The topological polar surface area (TPSA) is 76.1 Å². The minimum atomic E-state index is -0.722. The number of likely N-dealkylation sites (tertiary alicyclic amines) is 1. The molecule has 0 saturated carbocycles. The summed E-state index contributed by atoms with van der Waals surface area (Å²) in [7, 11) is 1.60. The van der Waals surface area contributed by atoms with Crippen molar-refractivity contribution in [3.05, 3.63) is 100 Å². The van der Waals surface area contributed by atoms with Crippen LogP contribution in [0.25, 0.3) is 5.76 Å². The maximum Gasteiger partial charge on any atom is 0.295 e. The van der Waals surface area contributed by atoms with Gasteiger partial charge in [-0.05, 0) is 58.0 Å². The molecule has 1 fully saturated rings. The van der Waals surface area contributed by atoms with Crippen molar-refractivity contribution in [2.24, 2.45) is 0 Å². The van der Waals surface area contributed by atoms with Crippen molar-refractivity contribution >= 4 is 17.4 Å². The third-order valence-electron chi connectivity index (χ3n) is 7.11. The fourth-order valence-electron chi connectivity index (χ4n) is 4.97. The molecule has 1 unspecified atom stereocenters. The number of carbonyl (C=O) groups is 2. The molecular formula is C31H31NO5. The van der Waals surface area contributed by atoms with Gasteiger partial charge in [0.2, 0.25) is 0 Å². The first kappa shape index (κ1) is 24.6. The van der Waals surface area contributed by atoms with Crippen LogP contribution in [0.3, 0.4) is 0 Å². The van der Waals surface area contributed by atoms with E-state index in [0.29, 0.717) is 17.9 Å². The van der Waals surface area contributed by atoms with E-state index in [1.807, 2.05) is 54.6 Å². The zero-order valence-corrected chi connectivity index (χ0v) is 21.6. The normalized spacial score (nSPS) is 18.6. The van der Waals surface area contributed by atoms with Gasteiger partial charge in [0.05, 0.1) is 25.3 Å². The number of ether oxygens (including phenoxy) is 2. The average Bonchev–Trinajstić information content (AvgIpc) is 3.46. The molecule has 2 aliphatic heterocycles. The van der Waals surface area contributed by atoms with Crippen molar-refractivity contribution in [2.75, 3.05) is 13.7 Å². The minimum absolute atomic E-state index is 0.0457. The third-order valence-corrected chi connectivity index (χ3v) is 7.11. The maximum absolute atomic E-state index is 13.4. The van der Waals surface area contributed by atoms with Crippen LogP contribution >= 0.6 is 0 Å². The van der Waals surface area contributed by atoms with E-state index >= 15 is 0 Å². The van der Waals surface area contributed by atoms with E-state index < -0.39 is 17.7 Å². The Kier molecular flexibility index (Phi) is 6.28. The van der Waals surface area contributed by atoms with Gasteiger partial charge in [-0.2, -0.15) is 0 Å². The van der Waals surface area contributed by atoms with Crippen molar-refractivity contribution in [3.8, 4) is 11.5 Å². The number of ketones is 1. The highest BCUT2D eigenvalue weighted by molar-refractivity contribution is 6.46. The van der Waals surface area contributed by atoms with Crippen LogP contribution in [0.5, 0.6) is 11.5 Å². The van der Waals surface area contributed by atoms with Crippen molar-refractivity contribution < 1.29 is 24.2 Å². The Labute approximate surface area is 217 Å². The lowest BCUT2D eigenvalue weighted by molar-refractivity contribution is -0.140. The van der Waals surface area contributed by atoms with Gasteiger partial charge in [0.1, 0.15) is 17.3 Å². The van der Waals surface area contributed by atoms with Crippen molar-refractivity contribution in [3.63, 3.8) is 0 Å². The second kappa shape index (κ2) is 9.43. The number of amides is 1. The summed E-state index contributed by atoms with van der Waals surface area (Å²) >= 11 is 0. The van der Waals surface area contributed by atoms with Crippen LogP contribution in [0.2, 0.25) is 0 Å². The second-order valence-corrected chi connectivity index (χ2v) is 10.6. The number of hydrogen-bond donors (Lipinski definition) is 1. The first-order valence-electron chi connectivity index (χ1n) is 12.5. The van der Waals surface area contributed by atoms with Gasteiger partial charge in [0.15, 0.2) is 0 Å². The fourth-order valence-corrected chi connectivity index (χ4v) is 4.97. The summed E-state index contributed by atoms with van der Waals surface area (Å²) in [6.07, 6.45) is 0.736. The molecule has 37 heavy (non-hydrogen) atoms. The fraction of sp³-hybridized carbons (Fsp3) is 0.290. The van der Waals surface area contributed by atoms with E-state index in [0.717, 1.165) is 34.4 Å². The van der Waals surface area contributed by atoms with Gasteiger partial charge >= 0.3 is 0 Å². The lowest BCUT2D eigenvalue weighted by Crippen LogP contribution is -2.29. The van der Waals surface area contributed by atoms with E-state index in [1.54, 1.807) is 19.2 Å². The molecule has 6 nitrogen and oxygen atoms in total. The summed E-state index contributed by atoms with van der Waals surface area (Å²) in [5, 5.41) is 11.4.